The highest BCUT2D eigenvalue weighted by Crippen LogP contribution is 2.30. The van der Waals surface area contributed by atoms with E-state index < -0.39 is 0 Å². The van der Waals surface area contributed by atoms with E-state index in [1.165, 1.54) is 23.5 Å². The number of aromatic nitrogens is 1. The zero-order valence-electron chi connectivity index (χ0n) is 12.0. The van der Waals surface area contributed by atoms with Crippen LogP contribution in [0.1, 0.15) is 20.9 Å². The molecular formula is C16H13FN2OS2. The second kappa shape index (κ2) is 5.98. The van der Waals surface area contributed by atoms with Crippen molar-refractivity contribution in [1.29, 1.82) is 0 Å². The first kappa shape index (κ1) is 14.9. The van der Waals surface area contributed by atoms with Crippen molar-refractivity contribution in [2.24, 2.45) is 0 Å². The number of hydrogen-bond donors (Lipinski definition) is 1. The molecule has 0 unspecified atom stereocenters. The van der Waals surface area contributed by atoms with E-state index in [9.17, 15) is 9.18 Å². The zero-order valence-corrected chi connectivity index (χ0v) is 13.6. The number of carbonyl (C=O) groups excluding carboxylic acids is 1. The maximum atomic E-state index is 13.3. The van der Waals surface area contributed by atoms with Crippen molar-refractivity contribution in [2.45, 2.75) is 13.8 Å². The standard InChI is InChI=1S/C16H13FN2OS2/c1-9-3-4-12(17)7-13(9)19-15(20)14-10(2)18-16(22-14)11-5-6-21-8-11/h3-8H,1-2H3,(H,19,20). The lowest BCUT2D eigenvalue weighted by Crippen LogP contribution is -2.12. The van der Waals surface area contributed by atoms with E-state index in [0.29, 0.717) is 16.3 Å². The Morgan fingerprint density at radius 1 is 1.27 bits per heavy atom. The van der Waals surface area contributed by atoms with Crippen molar-refractivity contribution >= 4 is 34.3 Å². The fourth-order valence-electron chi connectivity index (χ4n) is 2.02. The molecule has 0 radical (unpaired) electrons. The first-order valence-electron chi connectivity index (χ1n) is 6.62. The van der Waals surface area contributed by atoms with Crippen LogP contribution >= 0.6 is 22.7 Å². The number of aryl methyl sites for hydroxylation is 2. The Balaban J connectivity index is 1.88. The Bertz CT molecular complexity index is 825. The molecule has 3 aromatic rings. The fourth-order valence-corrected chi connectivity index (χ4v) is 3.70. The van der Waals surface area contributed by atoms with Gasteiger partial charge in [-0.15, -0.1) is 11.3 Å². The molecule has 1 amide bonds. The van der Waals surface area contributed by atoms with E-state index in [1.54, 1.807) is 24.3 Å². The predicted octanol–water partition coefficient (Wildman–Crippen LogP) is 4.88. The summed E-state index contributed by atoms with van der Waals surface area (Å²) in [4.78, 5) is 17.4. The molecule has 0 bridgehead atoms. The molecule has 3 rings (SSSR count). The maximum Gasteiger partial charge on any atom is 0.267 e. The quantitative estimate of drug-likeness (QED) is 0.743. The van der Waals surface area contributed by atoms with E-state index in [4.69, 9.17) is 0 Å². The lowest BCUT2D eigenvalue weighted by Gasteiger charge is -2.07. The van der Waals surface area contributed by atoms with Crippen molar-refractivity contribution in [1.82, 2.24) is 4.98 Å². The molecule has 0 saturated carbocycles. The summed E-state index contributed by atoms with van der Waals surface area (Å²) in [6.07, 6.45) is 0. The van der Waals surface area contributed by atoms with Crippen LogP contribution in [0.2, 0.25) is 0 Å². The number of nitrogens with zero attached hydrogens (tertiary/aromatic N) is 1. The molecule has 22 heavy (non-hydrogen) atoms. The molecule has 112 valence electrons. The molecule has 6 heteroatoms. The lowest BCUT2D eigenvalue weighted by atomic mass is 10.2. The van der Waals surface area contributed by atoms with Gasteiger partial charge in [0.25, 0.3) is 5.91 Å². The molecule has 0 aliphatic carbocycles. The monoisotopic (exact) mass is 332 g/mol. The smallest absolute Gasteiger partial charge is 0.267 e. The molecule has 0 saturated heterocycles. The number of thiophene rings is 1. The third-order valence-electron chi connectivity index (χ3n) is 3.22. The molecule has 0 aliphatic rings. The van der Waals surface area contributed by atoms with Crippen molar-refractivity contribution in [3.8, 4) is 10.6 Å². The number of rotatable bonds is 3. The summed E-state index contributed by atoms with van der Waals surface area (Å²) in [6.45, 7) is 3.63. The number of halogens is 1. The van der Waals surface area contributed by atoms with Gasteiger partial charge in [-0.3, -0.25) is 4.79 Å². The van der Waals surface area contributed by atoms with Gasteiger partial charge in [0.05, 0.1) is 5.69 Å². The summed E-state index contributed by atoms with van der Waals surface area (Å²) in [6, 6.07) is 6.31. The predicted molar refractivity (Wildman–Crippen MR) is 89.3 cm³/mol. The minimum Gasteiger partial charge on any atom is -0.321 e. The summed E-state index contributed by atoms with van der Waals surface area (Å²) >= 11 is 2.93. The first-order valence-corrected chi connectivity index (χ1v) is 8.38. The Morgan fingerprint density at radius 2 is 2.09 bits per heavy atom. The molecule has 0 spiro atoms. The van der Waals surface area contributed by atoms with Gasteiger partial charge < -0.3 is 5.32 Å². The van der Waals surface area contributed by atoms with Crippen LogP contribution in [0.4, 0.5) is 10.1 Å². The van der Waals surface area contributed by atoms with E-state index in [2.05, 4.69) is 10.3 Å². The Labute approximate surface area is 135 Å². The number of hydrogen-bond acceptors (Lipinski definition) is 4. The highest BCUT2D eigenvalue weighted by atomic mass is 32.1. The van der Waals surface area contributed by atoms with Crippen LogP contribution in [0.25, 0.3) is 10.6 Å². The minimum atomic E-state index is -0.374. The van der Waals surface area contributed by atoms with Gasteiger partial charge in [-0.2, -0.15) is 11.3 Å². The number of nitrogens with one attached hydrogen (secondary N) is 1. The normalized spacial score (nSPS) is 10.7. The Kier molecular flexibility index (Phi) is 4.04. The third-order valence-corrected chi connectivity index (χ3v) is 5.11. The van der Waals surface area contributed by atoms with Gasteiger partial charge >= 0.3 is 0 Å². The topological polar surface area (TPSA) is 42.0 Å². The average Bonchev–Trinajstić information content (AvgIpc) is 3.11. The number of benzene rings is 1. The van der Waals surface area contributed by atoms with Crippen LogP contribution in [0.5, 0.6) is 0 Å². The molecule has 3 nitrogen and oxygen atoms in total. The largest absolute Gasteiger partial charge is 0.321 e. The molecule has 2 aromatic heterocycles. The Morgan fingerprint density at radius 3 is 2.82 bits per heavy atom. The van der Waals surface area contributed by atoms with Crippen LogP contribution in [-0.2, 0) is 0 Å². The van der Waals surface area contributed by atoms with Crippen molar-refractivity contribution in [2.75, 3.05) is 5.32 Å². The van der Waals surface area contributed by atoms with Gasteiger partial charge in [0, 0.05) is 16.6 Å². The van der Waals surface area contributed by atoms with Crippen LogP contribution in [0.3, 0.4) is 0 Å². The summed E-state index contributed by atoms with van der Waals surface area (Å²) in [5.41, 5.74) is 2.99. The molecular weight excluding hydrogens is 319 g/mol. The molecule has 1 N–H and O–H groups in total. The van der Waals surface area contributed by atoms with Crippen LogP contribution < -0.4 is 5.32 Å². The van der Waals surface area contributed by atoms with Gasteiger partial charge in [0.2, 0.25) is 0 Å². The van der Waals surface area contributed by atoms with Crippen molar-refractivity contribution in [3.63, 3.8) is 0 Å². The Hall–Kier alpha value is -2.05. The second-order valence-corrected chi connectivity index (χ2v) is 6.64. The SMILES string of the molecule is Cc1ccc(F)cc1NC(=O)c1sc(-c2ccsc2)nc1C. The fraction of sp³-hybridized carbons (Fsp3) is 0.125. The maximum absolute atomic E-state index is 13.3. The minimum absolute atomic E-state index is 0.259. The van der Waals surface area contributed by atoms with Crippen LogP contribution in [-0.4, -0.2) is 10.9 Å². The number of anilines is 1. The average molecular weight is 332 g/mol. The van der Waals surface area contributed by atoms with Crippen LogP contribution in [0, 0.1) is 19.7 Å². The summed E-state index contributed by atoms with van der Waals surface area (Å²) in [7, 11) is 0. The van der Waals surface area contributed by atoms with Gasteiger partial charge in [0.1, 0.15) is 15.7 Å². The zero-order chi connectivity index (χ0) is 15.7. The molecule has 2 heterocycles. The second-order valence-electron chi connectivity index (χ2n) is 4.86. The number of thiazole rings is 1. The van der Waals surface area contributed by atoms with Gasteiger partial charge in [0.15, 0.2) is 0 Å². The summed E-state index contributed by atoms with van der Waals surface area (Å²) in [5, 5.41) is 7.55. The molecule has 1 aromatic carbocycles. The highest BCUT2D eigenvalue weighted by Gasteiger charge is 2.17. The van der Waals surface area contributed by atoms with Gasteiger partial charge in [-0.25, -0.2) is 9.37 Å². The number of amides is 1. The number of carbonyl (C=O) groups is 1. The van der Waals surface area contributed by atoms with E-state index in [-0.39, 0.29) is 11.7 Å². The van der Waals surface area contributed by atoms with Gasteiger partial charge in [-0.1, -0.05) is 6.07 Å². The summed E-state index contributed by atoms with van der Waals surface area (Å²) in [5.74, 6) is -0.633. The molecule has 0 atom stereocenters. The third kappa shape index (κ3) is 2.93. The molecule has 0 fully saturated rings. The van der Waals surface area contributed by atoms with Gasteiger partial charge in [-0.05, 0) is 43.0 Å². The lowest BCUT2D eigenvalue weighted by molar-refractivity contribution is 0.102. The molecule has 0 aliphatic heterocycles. The van der Waals surface area contributed by atoms with E-state index >= 15 is 0 Å². The summed E-state index contributed by atoms with van der Waals surface area (Å²) < 4.78 is 13.3. The van der Waals surface area contributed by atoms with E-state index in [1.807, 2.05) is 23.8 Å². The van der Waals surface area contributed by atoms with Crippen molar-refractivity contribution in [3.05, 3.63) is 57.0 Å². The van der Waals surface area contributed by atoms with Crippen LogP contribution in [0.15, 0.2) is 35.0 Å². The van der Waals surface area contributed by atoms with E-state index in [0.717, 1.165) is 16.1 Å². The highest BCUT2D eigenvalue weighted by molar-refractivity contribution is 7.17. The first-order chi connectivity index (χ1) is 10.5. The van der Waals surface area contributed by atoms with Crippen molar-refractivity contribution < 1.29 is 9.18 Å².